The molecule has 1 spiro atoms. The van der Waals surface area contributed by atoms with E-state index in [4.69, 9.17) is 5.11 Å². The lowest BCUT2D eigenvalue weighted by molar-refractivity contribution is -0.133. The molecule has 22 heavy (non-hydrogen) atoms. The molecule has 0 heterocycles. The summed E-state index contributed by atoms with van der Waals surface area (Å²) in [5, 5.41) is 11.7. The third-order valence-corrected chi connectivity index (χ3v) is 5.78. The van der Waals surface area contributed by atoms with E-state index >= 15 is 0 Å². The van der Waals surface area contributed by atoms with Crippen LogP contribution in [0, 0.1) is 11.3 Å². The number of hydrogen-bond donors (Lipinski definition) is 2. The van der Waals surface area contributed by atoms with Gasteiger partial charge < -0.3 is 10.4 Å². The van der Waals surface area contributed by atoms with Gasteiger partial charge in [0, 0.05) is 17.4 Å². The molecule has 0 radical (unpaired) electrons. The lowest BCUT2D eigenvalue weighted by atomic mass is 10.0. The number of carboxylic acids is 1. The van der Waals surface area contributed by atoms with E-state index in [1.807, 2.05) is 24.3 Å². The highest BCUT2D eigenvalue weighted by Gasteiger charge is 2.58. The molecule has 3 rings (SSSR count). The van der Waals surface area contributed by atoms with E-state index in [1.165, 1.54) is 37.4 Å². The molecule has 1 amide bonds. The second-order valence-electron chi connectivity index (χ2n) is 6.40. The summed E-state index contributed by atoms with van der Waals surface area (Å²) in [4.78, 5) is 22.9. The Morgan fingerprint density at radius 3 is 2.82 bits per heavy atom. The van der Waals surface area contributed by atoms with Crippen molar-refractivity contribution in [2.24, 2.45) is 11.3 Å². The molecule has 2 N–H and O–H groups in total. The van der Waals surface area contributed by atoms with Crippen molar-refractivity contribution in [2.75, 3.05) is 11.1 Å². The average Bonchev–Trinajstić information content (AvgIpc) is 2.97. The fourth-order valence-electron chi connectivity index (χ4n) is 3.57. The summed E-state index contributed by atoms with van der Waals surface area (Å²) in [6.45, 7) is 0. The minimum absolute atomic E-state index is 0.0984. The van der Waals surface area contributed by atoms with Gasteiger partial charge in [-0.2, -0.15) is 0 Å². The Balaban J connectivity index is 1.54. The molecular formula is C17H21NO3S. The molecule has 2 fully saturated rings. The van der Waals surface area contributed by atoms with Gasteiger partial charge in [-0.05, 0) is 42.4 Å². The van der Waals surface area contributed by atoms with Crippen LogP contribution in [0.1, 0.15) is 37.7 Å². The third-order valence-electron chi connectivity index (χ3n) is 4.79. The third kappa shape index (κ3) is 3.46. The Labute approximate surface area is 134 Å². The minimum Gasteiger partial charge on any atom is -0.481 e. The molecule has 2 aliphatic carbocycles. The maximum atomic E-state index is 12.4. The van der Waals surface area contributed by atoms with Crippen molar-refractivity contribution < 1.29 is 14.7 Å². The van der Waals surface area contributed by atoms with Crippen LogP contribution in [0.4, 0.5) is 5.69 Å². The molecule has 1 atom stereocenters. The van der Waals surface area contributed by atoms with Crippen LogP contribution < -0.4 is 5.32 Å². The van der Waals surface area contributed by atoms with E-state index in [0.29, 0.717) is 11.2 Å². The van der Waals surface area contributed by atoms with Gasteiger partial charge in [0.05, 0.1) is 5.75 Å². The summed E-state index contributed by atoms with van der Waals surface area (Å²) in [6.07, 6.45) is 5.99. The highest BCUT2D eigenvalue weighted by atomic mass is 32.2. The van der Waals surface area contributed by atoms with Gasteiger partial charge in [-0.3, -0.25) is 9.59 Å². The van der Waals surface area contributed by atoms with Gasteiger partial charge in [-0.1, -0.05) is 25.0 Å². The minimum atomic E-state index is -0.801. The number of nitrogens with one attached hydrogen (secondary N) is 1. The molecule has 118 valence electrons. The lowest BCUT2D eigenvalue weighted by Crippen LogP contribution is -2.17. The van der Waals surface area contributed by atoms with Crippen LogP contribution in [0.15, 0.2) is 24.3 Å². The first-order valence-corrected chi connectivity index (χ1v) is 8.94. The number of amides is 1. The summed E-state index contributed by atoms with van der Waals surface area (Å²) >= 11 is 1.36. The Morgan fingerprint density at radius 2 is 2.09 bits per heavy atom. The van der Waals surface area contributed by atoms with Gasteiger partial charge in [-0.25, -0.2) is 0 Å². The van der Waals surface area contributed by atoms with Crippen molar-refractivity contribution in [2.45, 2.75) is 37.9 Å². The summed E-state index contributed by atoms with van der Waals surface area (Å²) in [5.74, 6) is 0.284. The number of hydrogen-bond acceptors (Lipinski definition) is 3. The van der Waals surface area contributed by atoms with Gasteiger partial charge in [0.2, 0.25) is 5.91 Å². The van der Waals surface area contributed by atoms with E-state index in [2.05, 4.69) is 5.32 Å². The second kappa shape index (κ2) is 6.32. The van der Waals surface area contributed by atoms with Crippen LogP contribution in [0.25, 0.3) is 0 Å². The van der Waals surface area contributed by atoms with Gasteiger partial charge in [0.15, 0.2) is 0 Å². The Hall–Kier alpha value is -1.49. The van der Waals surface area contributed by atoms with Crippen LogP contribution >= 0.6 is 11.8 Å². The molecule has 1 aromatic rings. The first kappa shape index (κ1) is 15.4. The summed E-state index contributed by atoms with van der Waals surface area (Å²) in [6, 6.07) is 7.70. The number of carbonyl (C=O) groups excluding carboxylic acids is 1. The van der Waals surface area contributed by atoms with Gasteiger partial charge in [-0.15, -0.1) is 11.8 Å². The fourth-order valence-corrected chi connectivity index (χ4v) is 4.27. The number of carbonyl (C=O) groups is 2. The first-order valence-electron chi connectivity index (χ1n) is 7.78. The molecule has 4 nitrogen and oxygen atoms in total. The predicted molar refractivity (Wildman–Crippen MR) is 87.9 cm³/mol. The molecule has 2 saturated carbocycles. The standard InChI is InChI=1S/C17H21NO3S/c19-15(20)11-22-10-12-4-3-5-13(8-12)18-16(21)14-9-17(14)6-1-2-7-17/h3-5,8,14H,1-2,6-7,9-11H2,(H,18,21)(H,19,20). The van der Waals surface area contributed by atoms with Crippen molar-refractivity contribution in [1.29, 1.82) is 0 Å². The van der Waals surface area contributed by atoms with Crippen LogP contribution in [-0.4, -0.2) is 22.7 Å². The summed E-state index contributed by atoms with van der Waals surface area (Å²) < 4.78 is 0. The maximum Gasteiger partial charge on any atom is 0.313 e. The Bertz CT molecular complexity index is 581. The van der Waals surface area contributed by atoms with Crippen molar-refractivity contribution in [1.82, 2.24) is 0 Å². The van der Waals surface area contributed by atoms with Crippen molar-refractivity contribution in [3.8, 4) is 0 Å². The zero-order valence-corrected chi connectivity index (χ0v) is 13.3. The molecule has 0 saturated heterocycles. The van der Waals surface area contributed by atoms with Crippen molar-refractivity contribution in [3.63, 3.8) is 0 Å². The van der Waals surface area contributed by atoms with Crippen molar-refractivity contribution >= 4 is 29.3 Å². The Morgan fingerprint density at radius 1 is 1.32 bits per heavy atom. The van der Waals surface area contributed by atoms with E-state index in [0.717, 1.165) is 17.7 Å². The monoisotopic (exact) mass is 319 g/mol. The number of carboxylic acid groups (broad SMARTS) is 1. The molecule has 1 unspecified atom stereocenters. The fraction of sp³-hybridized carbons (Fsp3) is 0.529. The zero-order chi connectivity index (χ0) is 15.6. The number of anilines is 1. The smallest absolute Gasteiger partial charge is 0.313 e. The number of aliphatic carboxylic acids is 1. The highest BCUT2D eigenvalue weighted by Crippen LogP contribution is 2.63. The topological polar surface area (TPSA) is 66.4 Å². The van der Waals surface area contributed by atoms with E-state index in [1.54, 1.807) is 0 Å². The number of rotatable bonds is 6. The molecule has 5 heteroatoms. The Kier molecular flexibility index (Phi) is 4.43. The lowest BCUT2D eigenvalue weighted by Gasteiger charge is -2.10. The quantitative estimate of drug-likeness (QED) is 0.842. The van der Waals surface area contributed by atoms with Gasteiger partial charge >= 0.3 is 5.97 Å². The number of benzene rings is 1. The van der Waals surface area contributed by atoms with Crippen LogP contribution in [-0.2, 0) is 15.3 Å². The highest BCUT2D eigenvalue weighted by molar-refractivity contribution is 7.99. The average molecular weight is 319 g/mol. The molecule has 2 aliphatic rings. The summed E-state index contributed by atoms with van der Waals surface area (Å²) in [5.41, 5.74) is 2.17. The maximum absolute atomic E-state index is 12.4. The van der Waals surface area contributed by atoms with E-state index in [9.17, 15) is 9.59 Å². The molecular weight excluding hydrogens is 298 g/mol. The molecule has 0 bridgehead atoms. The van der Waals surface area contributed by atoms with Crippen LogP contribution in [0.5, 0.6) is 0 Å². The number of thioether (sulfide) groups is 1. The zero-order valence-electron chi connectivity index (χ0n) is 12.5. The van der Waals surface area contributed by atoms with Crippen LogP contribution in [0.3, 0.4) is 0 Å². The second-order valence-corrected chi connectivity index (χ2v) is 7.39. The van der Waals surface area contributed by atoms with Crippen LogP contribution in [0.2, 0.25) is 0 Å². The molecule has 1 aromatic carbocycles. The van der Waals surface area contributed by atoms with Gasteiger partial charge in [0.25, 0.3) is 0 Å². The van der Waals surface area contributed by atoms with Crippen molar-refractivity contribution in [3.05, 3.63) is 29.8 Å². The van der Waals surface area contributed by atoms with E-state index in [-0.39, 0.29) is 17.6 Å². The largest absolute Gasteiger partial charge is 0.481 e. The SMILES string of the molecule is O=C(O)CSCc1cccc(NC(=O)C2CC23CCCC3)c1. The molecule has 0 aliphatic heterocycles. The summed E-state index contributed by atoms with van der Waals surface area (Å²) in [7, 11) is 0. The normalized spacial score (nSPS) is 21.7. The predicted octanol–water partition coefficient (Wildman–Crippen LogP) is 3.52. The van der Waals surface area contributed by atoms with Gasteiger partial charge in [0.1, 0.15) is 0 Å². The van der Waals surface area contributed by atoms with E-state index < -0.39 is 5.97 Å². The first-order chi connectivity index (χ1) is 10.6. The molecule has 0 aromatic heterocycles.